The van der Waals surface area contributed by atoms with Crippen LogP contribution in [0.5, 0.6) is 0 Å². The molecule has 5 heteroatoms. The lowest BCUT2D eigenvalue weighted by Gasteiger charge is -2.62. The minimum Gasteiger partial charge on any atom is -0.390 e. The van der Waals surface area contributed by atoms with Crippen molar-refractivity contribution in [2.45, 2.75) is 129 Å². The summed E-state index contributed by atoms with van der Waals surface area (Å²) in [4.78, 5) is 0. The molecule has 4 saturated carbocycles. The number of hydrogen-bond donors (Lipinski definition) is 2. The van der Waals surface area contributed by atoms with Gasteiger partial charge in [0.1, 0.15) is 0 Å². The smallest absolute Gasteiger partial charge is 0.390 e. The van der Waals surface area contributed by atoms with Crippen molar-refractivity contribution in [1.29, 1.82) is 0 Å². The Balaban J connectivity index is 1.37. The van der Waals surface area contributed by atoms with Crippen molar-refractivity contribution < 1.29 is 23.4 Å². The van der Waals surface area contributed by atoms with Gasteiger partial charge < -0.3 is 10.2 Å². The largest absolute Gasteiger partial charge is 0.416 e. The van der Waals surface area contributed by atoms with Crippen molar-refractivity contribution in [3.05, 3.63) is 0 Å². The molecular formula is C27H45F3O2. The van der Waals surface area contributed by atoms with Crippen LogP contribution in [0.2, 0.25) is 0 Å². The maximum atomic E-state index is 12.9. The van der Waals surface area contributed by atoms with E-state index in [0.717, 1.165) is 56.8 Å². The van der Waals surface area contributed by atoms with Crippen LogP contribution in [0.3, 0.4) is 0 Å². The Morgan fingerprint density at radius 1 is 0.844 bits per heavy atom. The van der Waals surface area contributed by atoms with Gasteiger partial charge >= 0.3 is 6.18 Å². The third kappa shape index (κ3) is 4.16. The second kappa shape index (κ2) is 8.14. The van der Waals surface area contributed by atoms with E-state index in [0.29, 0.717) is 29.1 Å². The fourth-order valence-electron chi connectivity index (χ4n) is 9.02. The van der Waals surface area contributed by atoms with Crippen molar-refractivity contribution in [1.82, 2.24) is 0 Å². The maximum Gasteiger partial charge on any atom is 0.416 e. The van der Waals surface area contributed by atoms with Crippen LogP contribution in [0.4, 0.5) is 13.2 Å². The lowest BCUT2D eigenvalue weighted by Crippen LogP contribution is -2.55. The molecule has 0 saturated heterocycles. The van der Waals surface area contributed by atoms with Gasteiger partial charge in [0, 0.05) is 0 Å². The Morgan fingerprint density at radius 2 is 1.53 bits per heavy atom. The van der Waals surface area contributed by atoms with Crippen LogP contribution in [0, 0.1) is 40.4 Å². The van der Waals surface area contributed by atoms with E-state index in [-0.39, 0.29) is 6.42 Å². The van der Waals surface area contributed by atoms with Crippen LogP contribution in [0.15, 0.2) is 0 Å². The highest BCUT2D eigenvalue weighted by Crippen LogP contribution is 2.68. The fourth-order valence-corrected chi connectivity index (χ4v) is 9.02. The van der Waals surface area contributed by atoms with Gasteiger partial charge in [-0.1, -0.05) is 26.7 Å². The molecule has 0 heterocycles. The van der Waals surface area contributed by atoms with Crippen LogP contribution in [0.25, 0.3) is 0 Å². The number of alkyl halides is 3. The number of unbranched alkanes of at least 4 members (excludes halogenated alkanes) is 1. The number of rotatable bonds is 5. The summed E-state index contributed by atoms with van der Waals surface area (Å²) < 4.78 is 38.8. The highest BCUT2D eigenvalue weighted by molar-refractivity contribution is 5.10. The lowest BCUT2D eigenvalue weighted by molar-refractivity contribution is -0.255. The van der Waals surface area contributed by atoms with E-state index in [2.05, 4.69) is 13.8 Å². The molecule has 4 fully saturated rings. The fraction of sp³-hybridized carbons (Fsp3) is 1.00. The highest BCUT2D eigenvalue weighted by atomic mass is 19.4. The predicted molar refractivity (Wildman–Crippen MR) is 121 cm³/mol. The van der Waals surface area contributed by atoms with Gasteiger partial charge in [-0.2, -0.15) is 13.2 Å². The molecule has 0 spiro atoms. The summed E-state index contributed by atoms with van der Waals surface area (Å²) in [5.74, 6) is 3.58. The molecule has 4 rings (SSSR count). The van der Waals surface area contributed by atoms with Crippen molar-refractivity contribution in [2.75, 3.05) is 0 Å². The third-order valence-corrected chi connectivity index (χ3v) is 11.2. The lowest BCUT2D eigenvalue weighted by atomic mass is 9.44. The monoisotopic (exact) mass is 458 g/mol. The summed E-state index contributed by atoms with van der Waals surface area (Å²) in [6.07, 6.45) is 8.09. The molecule has 186 valence electrons. The van der Waals surface area contributed by atoms with Gasteiger partial charge in [-0.25, -0.2) is 0 Å². The van der Waals surface area contributed by atoms with Crippen molar-refractivity contribution in [2.24, 2.45) is 40.4 Å². The minimum absolute atomic E-state index is 0.197. The summed E-state index contributed by atoms with van der Waals surface area (Å²) in [5.41, 5.74) is -2.36. The molecule has 4 aliphatic rings. The van der Waals surface area contributed by atoms with E-state index in [1.54, 1.807) is 0 Å². The van der Waals surface area contributed by atoms with Crippen LogP contribution in [-0.2, 0) is 0 Å². The van der Waals surface area contributed by atoms with Gasteiger partial charge in [-0.15, -0.1) is 0 Å². The van der Waals surface area contributed by atoms with Crippen LogP contribution < -0.4 is 0 Å². The van der Waals surface area contributed by atoms with Gasteiger partial charge in [0.05, 0.1) is 5.60 Å². The van der Waals surface area contributed by atoms with E-state index < -0.39 is 17.4 Å². The first-order valence-corrected chi connectivity index (χ1v) is 13.2. The molecule has 0 aromatic rings. The van der Waals surface area contributed by atoms with Gasteiger partial charge in [-0.05, 0) is 125 Å². The molecular weight excluding hydrogens is 413 g/mol. The molecule has 2 N–H and O–H groups in total. The number of hydrogen-bond acceptors (Lipinski definition) is 2. The summed E-state index contributed by atoms with van der Waals surface area (Å²) in [6.45, 7) is 7.93. The molecule has 6 unspecified atom stereocenters. The molecule has 0 amide bonds. The normalized spacial score (nSPS) is 48.5. The highest BCUT2D eigenvalue weighted by Gasteiger charge is 2.60. The zero-order chi connectivity index (χ0) is 23.6. The number of fused-ring (bicyclic) bond motifs is 5. The average molecular weight is 459 g/mol. The molecule has 0 aromatic heterocycles. The molecule has 9 atom stereocenters. The summed E-state index contributed by atoms with van der Waals surface area (Å²) in [6, 6.07) is 0. The minimum atomic E-state index is -4.54. The van der Waals surface area contributed by atoms with Crippen LogP contribution in [-0.4, -0.2) is 27.6 Å². The Hall–Kier alpha value is -0.290. The Bertz CT molecular complexity index is 687. The zero-order valence-electron chi connectivity index (χ0n) is 20.6. The Kier molecular flexibility index (Phi) is 6.31. The van der Waals surface area contributed by atoms with E-state index in [4.69, 9.17) is 0 Å². The molecule has 32 heavy (non-hydrogen) atoms. The first kappa shape index (κ1) is 24.8. The average Bonchev–Trinajstić information content (AvgIpc) is 3.01. The number of aliphatic hydroxyl groups is 2. The summed E-state index contributed by atoms with van der Waals surface area (Å²) >= 11 is 0. The first-order chi connectivity index (χ1) is 14.7. The molecule has 0 radical (unpaired) electrons. The molecule has 0 bridgehead atoms. The quantitative estimate of drug-likeness (QED) is 0.425. The Morgan fingerprint density at radius 3 is 2.22 bits per heavy atom. The molecule has 4 aliphatic carbocycles. The maximum absolute atomic E-state index is 12.9. The second-order valence-corrected chi connectivity index (χ2v) is 13.2. The summed E-state index contributed by atoms with van der Waals surface area (Å²) in [7, 11) is 0. The van der Waals surface area contributed by atoms with Crippen LogP contribution >= 0.6 is 0 Å². The van der Waals surface area contributed by atoms with Crippen molar-refractivity contribution >= 4 is 0 Å². The zero-order valence-corrected chi connectivity index (χ0v) is 20.6. The van der Waals surface area contributed by atoms with E-state index >= 15 is 0 Å². The van der Waals surface area contributed by atoms with Gasteiger partial charge in [0.25, 0.3) is 0 Å². The van der Waals surface area contributed by atoms with Gasteiger partial charge in [0.2, 0.25) is 0 Å². The molecule has 0 aromatic carbocycles. The molecule has 0 aliphatic heterocycles. The third-order valence-electron chi connectivity index (χ3n) is 11.2. The molecule has 2 nitrogen and oxygen atoms in total. The predicted octanol–water partition coefficient (Wildman–Crippen LogP) is 7.27. The first-order valence-electron chi connectivity index (χ1n) is 13.2. The SMILES string of the molecule is CC12CC[C@](C)(O)CC1CCC1C2CCC2(C)C(CCCC[C@@](C)(O)C(F)(F)F)CC[C@@H]12. The Labute approximate surface area is 192 Å². The van der Waals surface area contributed by atoms with Gasteiger partial charge in [0.15, 0.2) is 5.60 Å². The van der Waals surface area contributed by atoms with Gasteiger partial charge in [-0.3, -0.25) is 0 Å². The van der Waals surface area contributed by atoms with E-state index in [1.165, 1.54) is 38.5 Å². The van der Waals surface area contributed by atoms with E-state index in [9.17, 15) is 23.4 Å². The number of halogens is 3. The standard InChI is InChI=1S/C27H45F3O2/c1-23(31)15-16-25(3)19(17-23)8-10-20-21-11-9-18(24(21,2)14-12-22(20)25)7-5-6-13-26(4,32)27(28,29)30/h18-22,31-32H,5-17H2,1-4H3/t18?,19?,20?,21-,22?,23-,24?,25?,26+/m0/s1. The van der Waals surface area contributed by atoms with Crippen molar-refractivity contribution in [3.8, 4) is 0 Å². The topological polar surface area (TPSA) is 40.5 Å². The van der Waals surface area contributed by atoms with Crippen molar-refractivity contribution in [3.63, 3.8) is 0 Å². The second-order valence-electron chi connectivity index (χ2n) is 13.2. The van der Waals surface area contributed by atoms with Crippen LogP contribution in [0.1, 0.15) is 111 Å². The van der Waals surface area contributed by atoms with E-state index in [1.807, 2.05) is 6.92 Å². The summed E-state index contributed by atoms with van der Waals surface area (Å²) in [5, 5.41) is 20.4.